The van der Waals surface area contributed by atoms with Crippen LogP contribution in [-0.4, -0.2) is 21.1 Å². The number of aryl methyl sites for hydroxylation is 1. The maximum atomic E-state index is 4.70. The van der Waals surface area contributed by atoms with Gasteiger partial charge in [0.2, 0.25) is 0 Å². The molecule has 0 unspecified atom stereocenters. The monoisotopic (exact) mass is 266 g/mol. The molecule has 4 heteroatoms. The molecule has 0 aliphatic rings. The van der Waals surface area contributed by atoms with E-state index in [-0.39, 0.29) is 0 Å². The number of nitrogens with one attached hydrogen (secondary N) is 1. The average molecular weight is 266 g/mol. The average Bonchev–Trinajstić information content (AvgIpc) is 2.90. The number of hydrogen-bond donors (Lipinski definition) is 1. The van der Waals surface area contributed by atoms with Crippen LogP contribution in [0.5, 0.6) is 0 Å². The Balaban J connectivity index is 2.00. The van der Waals surface area contributed by atoms with Gasteiger partial charge in [-0.05, 0) is 37.2 Å². The molecule has 0 aliphatic carbocycles. The Morgan fingerprint density at radius 1 is 1.15 bits per heavy atom. The fraction of sp³-hybridized carbons (Fsp3) is 0.250. The van der Waals surface area contributed by atoms with Crippen LogP contribution in [0.2, 0.25) is 0 Å². The van der Waals surface area contributed by atoms with E-state index in [4.69, 9.17) is 4.98 Å². The van der Waals surface area contributed by atoms with E-state index in [0.717, 1.165) is 35.6 Å². The van der Waals surface area contributed by atoms with Gasteiger partial charge >= 0.3 is 0 Å². The van der Waals surface area contributed by atoms with Crippen molar-refractivity contribution in [3.8, 4) is 5.82 Å². The predicted octanol–water partition coefficient (Wildman–Crippen LogP) is 2.84. The van der Waals surface area contributed by atoms with Crippen LogP contribution in [0, 0.1) is 6.92 Å². The van der Waals surface area contributed by atoms with Gasteiger partial charge in [0, 0.05) is 12.2 Å². The van der Waals surface area contributed by atoms with Gasteiger partial charge in [0.1, 0.15) is 12.1 Å². The van der Waals surface area contributed by atoms with Crippen molar-refractivity contribution < 1.29 is 0 Å². The van der Waals surface area contributed by atoms with Gasteiger partial charge in [-0.2, -0.15) is 0 Å². The summed E-state index contributed by atoms with van der Waals surface area (Å²) >= 11 is 0. The molecule has 0 atom stereocenters. The van der Waals surface area contributed by atoms with E-state index >= 15 is 0 Å². The van der Waals surface area contributed by atoms with Crippen molar-refractivity contribution in [3.05, 3.63) is 54.0 Å². The fourth-order valence-corrected chi connectivity index (χ4v) is 2.30. The first-order valence-electron chi connectivity index (χ1n) is 6.89. The summed E-state index contributed by atoms with van der Waals surface area (Å²) in [6.07, 6.45) is 1.83. The lowest BCUT2D eigenvalue weighted by Crippen LogP contribution is -2.13. The zero-order chi connectivity index (χ0) is 13.9. The number of benzene rings is 1. The Morgan fingerprint density at radius 3 is 2.80 bits per heavy atom. The molecule has 0 spiro atoms. The molecule has 20 heavy (non-hydrogen) atoms. The summed E-state index contributed by atoms with van der Waals surface area (Å²) in [5.74, 6) is 0.913. The van der Waals surface area contributed by atoms with E-state index in [9.17, 15) is 0 Å². The first-order chi connectivity index (χ1) is 9.79. The Bertz CT molecular complexity index is 730. The second kappa shape index (κ2) is 5.43. The van der Waals surface area contributed by atoms with Crippen molar-refractivity contribution in [2.24, 2.45) is 0 Å². The van der Waals surface area contributed by atoms with Crippen LogP contribution in [0.25, 0.3) is 16.9 Å². The van der Waals surface area contributed by atoms with E-state index < -0.39 is 0 Å². The van der Waals surface area contributed by atoms with E-state index in [0.29, 0.717) is 0 Å². The molecule has 3 rings (SSSR count). The van der Waals surface area contributed by atoms with Crippen molar-refractivity contribution in [2.75, 3.05) is 6.54 Å². The number of para-hydroxylation sites is 2. The lowest BCUT2D eigenvalue weighted by molar-refractivity contribution is 0.719. The van der Waals surface area contributed by atoms with Crippen molar-refractivity contribution in [3.63, 3.8) is 0 Å². The molecule has 0 aliphatic heterocycles. The Kier molecular flexibility index (Phi) is 3.48. The zero-order valence-electron chi connectivity index (χ0n) is 11.8. The fourth-order valence-electron chi connectivity index (χ4n) is 2.30. The first-order valence-corrected chi connectivity index (χ1v) is 6.89. The van der Waals surface area contributed by atoms with Crippen LogP contribution in [0.15, 0.2) is 42.7 Å². The molecule has 3 aromatic rings. The number of imidazole rings is 1. The smallest absolute Gasteiger partial charge is 0.138 e. The van der Waals surface area contributed by atoms with E-state index in [1.54, 1.807) is 0 Å². The molecule has 1 aromatic carbocycles. The topological polar surface area (TPSA) is 42.7 Å². The van der Waals surface area contributed by atoms with Gasteiger partial charge in [0.25, 0.3) is 0 Å². The minimum atomic E-state index is 0.861. The lowest BCUT2D eigenvalue weighted by Gasteiger charge is -2.09. The molecule has 0 radical (unpaired) electrons. The van der Waals surface area contributed by atoms with Crippen LogP contribution >= 0.6 is 0 Å². The summed E-state index contributed by atoms with van der Waals surface area (Å²) in [5.41, 5.74) is 4.36. The molecule has 2 aromatic heterocycles. The normalized spacial score (nSPS) is 11.1. The third-order valence-electron chi connectivity index (χ3n) is 3.45. The third kappa shape index (κ3) is 2.30. The van der Waals surface area contributed by atoms with Crippen molar-refractivity contribution in [2.45, 2.75) is 20.4 Å². The zero-order valence-corrected chi connectivity index (χ0v) is 11.8. The van der Waals surface area contributed by atoms with E-state index in [2.05, 4.69) is 36.3 Å². The summed E-state index contributed by atoms with van der Waals surface area (Å²) in [7, 11) is 0. The third-order valence-corrected chi connectivity index (χ3v) is 3.45. The van der Waals surface area contributed by atoms with Gasteiger partial charge < -0.3 is 5.32 Å². The highest BCUT2D eigenvalue weighted by Gasteiger charge is 2.07. The number of fused-ring (bicyclic) bond motifs is 1. The van der Waals surface area contributed by atoms with Crippen LogP contribution < -0.4 is 5.32 Å². The molecule has 102 valence electrons. The van der Waals surface area contributed by atoms with Gasteiger partial charge in [0.15, 0.2) is 0 Å². The van der Waals surface area contributed by atoms with Crippen LogP contribution in [0.4, 0.5) is 0 Å². The number of rotatable bonds is 4. The van der Waals surface area contributed by atoms with Gasteiger partial charge in [-0.1, -0.05) is 25.1 Å². The van der Waals surface area contributed by atoms with Gasteiger partial charge in [0.05, 0.1) is 11.0 Å². The minimum absolute atomic E-state index is 0.861. The highest BCUT2D eigenvalue weighted by atomic mass is 15.1. The van der Waals surface area contributed by atoms with Crippen molar-refractivity contribution in [1.82, 2.24) is 19.9 Å². The summed E-state index contributed by atoms with van der Waals surface area (Å²) in [4.78, 5) is 9.11. The summed E-state index contributed by atoms with van der Waals surface area (Å²) < 4.78 is 2.03. The summed E-state index contributed by atoms with van der Waals surface area (Å²) in [5, 5.41) is 3.33. The standard InChI is InChI=1S/C16H18N4/c1-3-17-10-13-8-9-16(19-12(13)2)20-11-18-14-6-4-5-7-15(14)20/h4-9,11,17H,3,10H2,1-2H3. The predicted molar refractivity (Wildman–Crippen MR) is 81.0 cm³/mol. The lowest BCUT2D eigenvalue weighted by atomic mass is 10.2. The highest BCUT2D eigenvalue weighted by molar-refractivity contribution is 5.76. The second-order valence-electron chi connectivity index (χ2n) is 4.80. The molecule has 0 amide bonds. The molecule has 0 bridgehead atoms. The number of aromatic nitrogens is 3. The first kappa shape index (κ1) is 12.8. The number of hydrogen-bond acceptors (Lipinski definition) is 3. The van der Waals surface area contributed by atoms with Gasteiger partial charge in [-0.3, -0.25) is 4.57 Å². The van der Waals surface area contributed by atoms with Crippen molar-refractivity contribution >= 4 is 11.0 Å². The summed E-state index contributed by atoms with van der Waals surface area (Å²) in [6, 6.07) is 12.3. The number of pyridine rings is 1. The van der Waals surface area contributed by atoms with E-state index in [1.807, 2.05) is 35.2 Å². The Hall–Kier alpha value is -2.20. The molecule has 0 saturated heterocycles. The number of nitrogens with zero attached hydrogens (tertiary/aromatic N) is 3. The van der Waals surface area contributed by atoms with Crippen LogP contribution in [0.1, 0.15) is 18.2 Å². The largest absolute Gasteiger partial charge is 0.313 e. The molecule has 4 nitrogen and oxygen atoms in total. The highest BCUT2D eigenvalue weighted by Crippen LogP contribution is 2.17. The second-order valence-corrected chi connectivity index (χ2v) is 4.80. The maximum Gasteiger partial charge on any atom is 0.138 e. The van der Waals surface area contributed by atoms with Crippen LogP contribution in [0.3, 0.4) is 0 Å². The quantitative estimate of drug-likeness (QED) is 0.789. The molecule has 2 heterocycles. The SMILES string of the molecule is CCNCc1ccc(-n2cnc3ccccc32)nc1C. The maximum absolute atomic E-state index is 4.70. The Morgan fingerprint density at radius 2 is 2.00 bits per heavy atom. The molecule has 0 fully saturated rings. The summed E-state index contributed by atoms with van der Waals surface area (Å²) in [6.45, 7) is 5.98. The molecular formula is C16H18N4. The molecule has 1 N–H and O–H groups in total. The Labute approximate surface area is 118 Å². The van der Waals surface area contributed by atoms with E-state index in [1.165, 1.54) is 5.56 Å². The van der Waals surface area contributed by atoms with Gasteiger partial charge in [-0.15, -0.1) is 0 Å². The minimum Gasteiger partial charge on any atom is -0.313 e. The van der Waals surface area contributed by atoms with Crippen molar-refractivity contribution in [1.29, 1.82) is 0 Å². The molecular weight excluding hydrogens is 248 g/mol. The van der Waals surface area contributed by atoms with Crippen LogP contribution in [-0.2, 0) is 6.54 Å². The van der Waals surface area contributed by atoms with Gasteiger partial charge in [-0.25, -0.2) is 9.97 Å². The molecule has 0 saturated carbocycles.